The standard InChI is InChI=1S/C18H21BrFN/c1-3-11-21-17(12-14-8-4-5-10-16(14)19)15-9-6-7-13(2)18(15)20/h4-10,17,21H,3,11-12H2,1-2H3. The fourth-order valence-corrected chi connectivity index (χ4v) is 2.88. The summed E-state index contributed by atoms with van der Waals surface area (Å²) in [5, 5.41) is 3.47. The molecule has 1 unspecified atom stereocenters. The normalized spacial score (nSPS) is 12.4. The van der Waals surface area contributed by atoms with Gasteiger partial charge >= 0.3 is 0 Å². The maximum absolute atomic E-state index is 14.4. The first-order chi connectivity index (χ1) is 10.1. The van der Waals surface area contributed by atoms with Crippen molar-refractivity contribution in [3.8, 4) is 0 Å². The summed E-state index contributed by atoms with van der Waals surface area (Å²) in [4.78, 5) is 0. The molecule has 1 N–H and O–H groups in total. The van der Waals surface area contributed by atoms with E-state index < -0.39 is 0 Å². The number of hydrogen-bond donors (Lipinski definition) is 1. The van der Waals surface area contributed by atoms with E-state index in [4.69, 9.17) is 0 Å². The van der Waals surface area contributed by atoms with Crippen LogP contribution in [0.25, 0.3) is 0 Å². The predicted molar refractivity (Wildman–Crippen MR) is 90.0 cm³/mol. The molecule has 0 aromatic heterocycles. The van der Waals surface area contributed by atoms with Crippen LogP contribution in [0.4, 0.5) is 4.39 Å². The number of hydrogen-bond acceptors (Lipinski definition) is 1. The highest BCUT2D eigenvalue weighted by Gasteiger charge is 2.17. The summed E-state index contributed by atoms with van der Waals surface area (Å²) in [7, 11) is 0. The Balaban J connectivity index is 2.30. The van der Waals surface area contributed by atoms with E-state index in [9.17, 15) is 4.39 Å². The second-order valence-electron chi connectivity index (χ2n) is 5.28. The zero-order chi connectivity index (χ0) is 15.2. The molecule has 0 heterocycles. The highest BCUT2D eigenvalue weighted by atomic mass is 79.9. The van der Waals surface area contributed by atoms with Gasteiger partial charge in [-0.1, -0.05) is 59.3 Å². The van der Waals surface area contributed by atoms with Gasteiger partial charge in [-0.25, -0.2) is 4.39 Å². The topological polar surface area (TPSA) is 12.0 Å². The van der Waals surface area contributed by atoms with Crippen molar-refractivity contribution in [3.05, 3.63) is 69.4 Å². The van der Waals surface area contributed by atoms with Crippen molar-refractivity contribution in [2.75, 3.05) is 6.54 Å². The SMILES string of the molecule is CCCNC(Cc1ccccc1Br)c1cccc(C)c1F. The van der Waals surface area contributed by atoms with E-state index >= 15 is 0 Å². The van der Waals surface area contributed by atoms with E-state index in [0.29, 0.717) is 5.56 Å². The first kappa shape index (κ1) is 16.2. The molecule has 2 rings (SSSR count). The molecule has 0 bridgehead atoms. The highest BCUT2D eigenvalue weighted by Crippen LogP contribution is 2.26. The summed E-state index contributed by atoms with van der Waals surface area (Å²) in [6, 6.07) is 13.7. The van der Waals surface area contributed by atoms with Crippen LogP contribution in [0.5, 0.6) is 0 Å². The number of benzene rings is 2. The van der Waals surface area contributed by atoms with E-state index in [1.165, 1.54) is 5.56 Å². The summed E-state index contributed by atoms with van der Waals surface area (Å²) in [5.74, 6) is -0.0989. The molecule has 0 amide bonds. The fourth-order valence-electron chi connectivity index (χ4n) is 2.43. The maximum atomic E-state index is 14.4. The van der Waals surface area contributed by atoms with Gasteiger partial charge in [0.25, 0.3) is 0 Å². The summed E-state index contributed by atoms with van der Waals surface area (Å²) < 4.78 is 15.5. The van der Waals surface area contributed by atoms with Crippen LogP contribution < -0.4 is 5.32 Å². The highest BCUT2D eigenvalue weighted by molar-refractivity contribution is 9.10. The Morgan fingerprint density at radius 2 is 1.90 bits per heavy atom. The Morgan fingerprint density at radius 1 is 1.14 bits per heavy atom. The Kier molecular flexibility index (Phi) is 5.95. The summed E-state index contributed by atoms with van der Waals surface area (Å²) in [6.07, 6.45) is 1.79. The average molecular weight is 350 g/mol. The van der Waals surface area contributed by atoms with Crippen LogP contribution in [-0.2, 0) is 6.42 Å². The molecule has 0 saturated heterocycles. The molecule has 21 heavy (non-hydrogen) atoms. The van der Waals surface area contributed by atoms with E-state index in [1.807, 2.05) is 43.3 Å². The predicted octanol–water partition coefficient (Wildman–Crippen LogP) is 5.18. The lowest BCUT2D eigenvalue weighted by molar-refractivity contribution is 0.494. The zero-order valence-electron chi connectivity index (χ0n) is 12.5. The summed E-state index contributed by atoms with van der Waals surface area (Å²) in [6.45, 7) is 4.81. The van der Waals surface area contributed by atoms with Gasteiger partial charge in [0, 0.05) is 16.1 Å². The van der Waals surface area contributed by atoms with Crippen molar-refractivity contribution in [1.82, 2.24) is 5.32 Å². The molecule has 0 aliphatic rings. The lowest BCUT2D eigenvalue weighted by Gasteiger charge is -2.21. The van der Waals surface area contributed by atoms with Crippen LogP contribution in [0.1, 0.15) is 36.1 Å². The van der Waals surface area contributed by atoms with E-state index in [0.717, 1.165) is 29.4 Å². The molecule has 0 saturated carbocycles. The smallest absolute Gasteiger partial charge is 0.130 e. The van der Waals surface area contributed by atoms with Crippen LogP contribution in [0.2, 0.25) is 0 Å². The Hall–Kier alpha value is -1.19. The molecule has 1 nitrogen and oxygen atoms in total. The van der Waals surface area contributed by atoms with Gasteiger partial charge in [-0.15, -0.1) is 0 Å². The Bertz CT molecular complexity index is 598. The van der Waals surface area contributed by atoms with Gasteiger partial charge in [0.2, 0.25) is 0 Å². The van der Waals surface area contributed by atoms with Crippen molar-refractivity contribution in [2.45, 2.75) is 32.7 Å². The van der Waals surface area contributed by atoms with Crippen LogP contribution in [0, 0.1) is 12.7 Å². The van der Waals surface area contributed by atoms with Gasteiger partial charge in [0.15, 0.2) is 0 Å². The van der Waals surface area contributed by atoms with E-state index in [1.54, 1.807) is 0 Å². The third-order valence-corrected chi connectivity index (χ3v) is 4.39. The van der Waals surface area contributed by atoms with Gasteiger partial charge in [0.1, 0.15) is 5.82 Å². The fraction of sp³-hybridized carbons (Fsp3) is 0.333. The Morgan fingerprint density at radius 3 is 2.62 bits per heavy atom. The molecule has 1 atom stereocenters. The number of aryl methyl sites for hydroxylation is 1. The molecular formula is C18H21BrFN. The molecule has 0 fully saturated rings. The minimum atomic E-state index is -0.0989. The minimum Gasteiger partial charge on any atom is -0.310 e. The van der Waals surface area contributed by atoms with Crippen molar-refractivity contribution in [1.29, 1.82) is 0 Å². The summed E-state index contributed by atoms with van der Waals surface area (Å²) in [5.41, 5.74) is 2.63. The van der Waals surface area contributed by atoms with Crippen molar-refractivity contribution >= 4 is 15.9 Å². The Labute approximate surface area is 134 Å². The average Bonchev–Trinajstić information content (AvgIpc) is 2.48. The van der Waals surface area contributed by atoms with Crippen molar-refractivity contribution in [2.24, 2.45) is 0 Å². The molecule has 3 heteroatoms. The lowest BCUT2D eigenvalue weighted by atomic mass is 9.96. The zero-order valence-corrected chi connectivity index (χ0v) is 14.1. The molecule has 0 radical (unpaired) electrons. The molecule has 0 aliphatic carbocycles. The molecular weight excluding hydrogens is 329 g/mol. The largest absolute Gasteiger partial charge is 0.310 e. The number of nitrogens with one attached hydrogen (secondary N) is 1. The quantitative estimate of drug-likeness (QED) is 0.757. The second-order valence-corrected chi connectivity index (χ2v) is 6.13. The minimum absolute atomic E-state index is 0.0106. The first-order valence-electron chi connectivity index (χ1n) is 7.35. The third kappa shape index (κ3) is 4.14. The van der Waals surface area contributed by atoms with Crippen LogP contribution in [0.15, 0.2) is 46.9 Å². The molecule has 0 aliphatic heterocycles. The van der Waals surface area contributed by atoms with E-state index in [2.05, 4.69) is 34.2 Å². The number of rotatable bonds is 6. The van der Waals surface area contributed by atoms with Crippen LogP contribution in [-0.4, -0.2) is 6.54 Å². The van der Waals surface area contributed by atoms with E-state index in [-0.39, 0.29) is 11.9 Å². The maximum Gasteiger partial charge on any atom is 0.130 e. The lowest BCUT2D eigenvalue weighted by Crippen LogP contribution is -2.25. The summed E-state index contributed by atoms with van der Waals surface area (Å²) >= 11 is 3.58. The van der Waals surface area contributed by atoms with Gasteiger partial charge in [-0.2, -0.15) is 0 Å². The monoisotopic (exact) mass is 349 g/mol. The van der Waals surface area contributed by atoms with Crippen molar-refractivity contribution in [3.63, 3.8) is 0 Å². The molecule has 0 spiro atoms. The third-order valence-electron chi connectivity index (χ3n) is 3.62. The van der Waals surface area contributed by atoms with Crippen molar-refractivity contribution < 1.29 is 4.39 Å². The van der Waals surface area contributed by atoms with Gasteiger partial charge in [-0.05, 0) is 43.5 Å². The number of halogens is 2. The van der Waals surface area contributed by atoms with Crippen LogP contribution >= 0.6 is 15.9 Å². The molecule has 112 valence electrons. The van der Waals surface area contributed by atoms with Crippen LogP contribution in [0.3, 0.4) is 0 Å². The molecule has 2 aromatic rings. The second kappa shape index (κ2) is 7.71. The van der Waals surface area contributed by atoms with Gasteiger partial charge < -0.3 is 5.32 Å². The first-order valence-corrected chi connectivity index (χ1v) is 8.14. The van der Waals surface area contributed by atoms with Gasteiger partial charge in [-0.3, -0.25) is 0 Å². The van der Waals surface area contributed by atoms with Gasteiger partial charge in [0.05, 0.1) is 0 Å². The molecule has 2 aromatic carbocycles.